The van der Waals surface area contributed by atoms with E-state index in [0.29, 0.717) is 31.3 Å². The van der Waals surface area contributed by atoms with Gasteiger partial charge in [-0.2, -0.15) is 8.42 Å². The minimum atomic E-state index is -4.23. The molecule has 5 heterocycles. The van der Waals surface area contributed by atoms with Crippen LogP contribution in [0.5, 0.6) is 0 Å². The summed E-state index contributed by atoms with van der Waals surface area (Å²) in [6.45, 7) is 17.2. The summed E-state index contributed by atoms with van der Waals surface area (Å²) in [6.07, 6.45) is -9.11. The minimum absolute atomic E-state index is 0.0330. The molecule has 1 aromatic heterocycles. The van der Waals surface area contributed by atoms with E-state index in [2.05, 4.69) is 10.5 Å². The number of carbonyl (C=O) groups excluding carboxylic acids is 2. The number of aromatic carboxylic acids is 1. The van der Waals surface area contributed by atoms with Crippen LogP contribution in [0, 0.1) is 23.7 Å². The highest BCUT2D eigenvalue weighted by atomic mass is 32.2. The van der Waals surface area contributed by atoms with Gasteiger partial charge in [-0.3, -0.25) is 18.4 Å². The van der Waals surface area contributed by atoms with Crippen LogP contribution in [0.1, 0.15) is 117 Å². The average molecular weight is 1150 g/mol. The first kappa shape index (κ1) is 64.6. The van der Waals surface area contributed by atoms with Crippen molar-refractivity contribution in [3.05, 3.63) is 45.7 Å². The number of carbonyl (C=O) groups is 3. The number of carboxylic acid groups (broad SMARTS) is 1. The number of nitrogens with zero attached hydrogens (tertiary/aromatic N) is 4. The van der Waals surface area contributed by atoms with E-state index in [-0.39, 0.29) is 48.6 Å². The standard InChI is InChI=1S/C55H87N5O19S/c1-16-40-55(10)47(77-52(66)78-55)31(4)42(57-68)29(2)26-53(8,67)46(76-51-44(62)39(58(11)12)24-30(3)72-51)32(5)45(33(6)50(65)74-40)75-41-27-54(9,71-15)48(34(7)73-41)79-80(69,70)23-22-56-21-17-18-35-19-20-38-36(25-35)43(61)37(49(63)64)28-60(38)59(13)14/h19-20,25,28-34,39-41,44-48,51,56,62,67-68H,16-18,21-24,26-27H2,1-15H3,(H,63,64)/b57-42+/t29-,30-,31?,32+,33-,34+,39+,40-,41+,44-,45+,46-,47-,48+,51+,53-,54-,55-/m1/s1. The van der Waals surface area contributed by atoms with Crippen molar-refractivity contribution in [3.63, 3.8) is 0 Å². The van der Waals surface area contributed by atoms with Gasteiger partial charge in [-0.05, 0) is 112 Å². The van der Waals surface area contributed by atoms with Gasteiger partial charge < -0.3 is 73.6 Å². The number of cyclic esters (lactones) is 1. The maximum atomic E-state index is 14.8. The molecule has 0 spiro atoms. The number of aryl methyl sites for hydroxylation is 1. The van der Waals surface area contributed by atoms with Crippen molar-refractivity contribution in [1.82, 2.24) is 14.9 Å². The Hall–Kier alpha value is -4.54. The van der Waals surface area contributed by atoms with Gasteiger partial charge in [0.15, 0.2) is 24.3 Å². The molecule has 0 saturated carbocycles. The van der Waals surface area contributed by atoms with Crippen molar-refractivity contribution in [2.24, 2.45) is 28.8 Å². The molecule has 25 heteroatoms. The number of likely N-dealkylation sites (N-methyl/N-ethyl adjacent to an activating group) is 1. The van der Waals surface area contributed by atoms with Crippen LogP contribution < -0.4 is 15.8 Å². The summed E-state index contributed by atoms with van der Waals surface area (Å²) < 4.78 is 85.1. The van der Waals surface area contributed by atoms with Gasteiger partial charge in [0.05, 0.1) is 58.5 Å². The molecule has 4 aliphatic heterocycles. The molecule has 0 radical (unpaired) electrons. The minimum Gasteiger partial charge on any atom is -0.477 e. The highest BCUT2D eigenvalue weighted by Gasteiger charge is 2.59. The highest BCUT2D eigenvalue weighted by Crippen LogP contribution is 2.44. The number of ether oxygens (including phenoxy) is 8. The van der Waals surface area contributed by atoms with Crippen LogP contribution in [-0.2, 0) is 63.4 Å². The van der Waals surface area contributed by atoms with E-state index < -0.39 is 141 Å². The third-order valence-corrected chi connectivity index (χ3v) is 17.9. The van der Waals surface area contributed by atoms with Gasteiger partial charge in [-0.25, -0.2) is 9.59 Å². The SMILES string of the molecule is CC[C@H]1OC(=O)[C@H](C)[C@@H](O[C@H]2C[C@@](C)(OC)[C@@H](OS(=O)(=O)CCNCCCc3ccc4c(c3)c(=O)c(C(=O)O)cn4N(C)C)[C@H](C)O2)[C@H](C)[C@@H](O[C@@H]2O[C@H](C)C[C@H](N(C)C)[C@H]2O)[C@](C)(O)C[C@@H](C)/C(=N\O)C(C)[C@H]2OC(=O)O[C@@]21C. The number of aliphatic hydroxyl groups is 2. The van der Waals surface area contributed by atoms with Crippen molar-refractivity contribution in [2.75, 3.05) is 59.2 Å². The van der Waals surface area contributed by atoms with Crippen LogP contribution in [0.2, 0.25) is 0 Å². The van der Waals surface area contributed by atoms with Crippen molar-refractivity contribution in [1.29, 1.82) is 0 Å². The number of aliphatic hydroxyl groups excluding tert-OH is 1. The zero-order chi connectivity index (χ0) is 59.6. The number of fused-ring (bicyclic) bond motifs is 2. The molecular formula is C55H87N5O19S. The van der Waals surface area contributed by atoms with Gasteiger partial charge in [0.1, 0.15) is 23.9 Å². The Bertz CT molecular complexity index is 2710. The van der Waals surface area contributed by atoms with Crippen LogP contribution in [0.25, 0.3) is 10.9 Å². The molecule has 0 amide bonds. The largest absolute Gasteiger partial charge is 0.509 e. The first-order valence-electron chi connectivity index (χ1n) is 27.6. The lowest BCUT2D eigenvalue weighted by Crippen LogP contribution is -2.61. The molecule has 4 aliphatic rings. The zero-order valence-electron chi connectivity index (χ0n) is 48.9. The van der Waals surface area contributed by atoms with Gasteiger partial charge in [0.2, 0.25) is 5.43 Å². The summed E-state index contributed by atoms with van der Waals surface area (Å²) in [5.74, 6) is -6.16. The molecule has 1 aromatic carbocycles. The first-order chi connectivity index (χ1) is 37.3. The lowest BCUT2D eigenvalue weighted by atomic mass is 9.73. The number of rotatable bonds is 18. The second-order valence-electron chi connectivity index (χ2n) is 23.4. The topological polar surface area (TPSA) is 302 Å². The molecule has 452 valence electrons. The molecule has 4 fully saturated rings. The molecular weight excluding hydrogens is 1070 g/mol. The fourth-order valence-electron chi connectivity index (χ4n) is 12.3. The molecule has 80 heavy (non-hydrogen) atoms. The van der Waals surface area contributed by atoms with Crippen molar-refractivity contribution in [2.45, 2.75) is 192 Å². The van der Waals surface area contributed by atoms with Gasteiger partial charge in [0.25, 0.3) is 10.1 Å². The predicted octanol–water partition coefficient (Wildman–Crippen LogP) is 4.02. The molecule has 5 N–H and O–H groups in total. The van der Waals surface area contributed by atoms with Crippen LogP contribution >= 0.6 is 0 Å². The summed E-state index contributed by atoms with van der Waals surface area (Å²) in [4.78, 5) is 54.5. The Kier molecular flexibility index (Phi) is 21.0. The van der Waals surface area contributed by atoms with Crippen molar-refractivity contribution in [3.8, 4) is 0 Å². The highest BCUT2D eigenvalue weighted by molar-refractivity contribution is 7.86. The molecule has 1 unspecified atom stereocenters. The summed E-state index contributed by atoms with van der Waals surface area (Å²) in [5.41, 5.74) is -4.21. The van der Waals surface area contributed by atoms with E-state index in [9.17, 15) is 48.1 Å². The smallest absolute Gasteiger partial charge is 0.477 e. The number of hydrogen-bond acceptors (Lipinski definition) is 22. The van der Waals surface area contributed by atoms with Crippen LogP contribution in [0.4, 0.5) is 4.79 Å². The van der Waals surface area contributed by atoms with E-state index in [4.69, 9.17) is 42.1 Å². The van der Waals surface area contributed by atoms with Gasteiger partial charge in [-0.1, -0.05) is 38.9 Å². The Morgan fingerprint density at radius 2 is 1.64 bits per heavy atom. The van der Waals surface area contributed by atoms with E-state index in [1.807, 2.05) is 32.0 Å². The summed E-state index contributed by atoms with van der Waals surface area (Å²) in [5, 5.41) is 53.6. The number of oxime groups is 1. The third kappa shape index (κ3) is 14.1. The number of benzene rings is 1. The molecule has 24 nitrogen and oxygen atoms in total. The third-order valence-electron chi connectivity index (χ3n) is 16.7. The Morgan fingerprint density at radius 1 is 0.950 bits per heavy atom. The number of hydrogen-bond donors (Lipinski definition) is 5. The average Bonchev–Trinajstić information content (AvgIpc) is 3.89. The molecule has 18 atom stereocenters. The quantitative estimate of drug-likeness (QED) is 0.0463. The lowest BCUT2D eigenvalue weighted by Gasteiger charge is -2.49. The van der Waals surface area contributed by atoms with Crippen LogP contribution in [-0.4, -0.2) is 201 Å². The monoisotopic (exact) mass is 1150 g/mol. The number of pyridine rings is 1. The second kappa shape index (κ2) is 25.9. The van der Waals surface area contributed by atoms with E-state index in [1.165, 1.54) is 20.2 Å². The van der Waals surface area contributed by atoms with Crippen LogP contribution in [0.3, 0.4) is 0 Å². The van der Waals surface area contributed by atoms with Gasteiger partial charge in [0, 0.05) is 69.5 Å². The Morgan fingerprint density at radius 3 is 2.25 bits per heavy atom. The molecule has 4 saturated heterocycles. The van der Waals surface area contributed by atoms with E-state index in [1.54, 1.807) is 91.3 Å². The number of esters is 1. The Balaban J connectivity index is 1.22. The van der Waals surface area contributed by atoms with Crippen LogP contribution in [0.15, 0.2) is 34.3 Å². The fraction of sp³-hybridized carbons (Fsp3) is 0.764. The number of aromatic nitrogens is 1. The molecule has 2 aromatic rings. The van der Waals surface area contributed by atoms with Gasteiger partial charge in [-0.15, -0.1) is 0 Å². The predicted molar refractivity (Wildman–Crippen MR) is 293 cm³/mol. The number of nitrogens with one attached hydrogen (secondary N) is 1. The summed E-state index contributed by atoms with van der Waals surface area (Å²) in [7, 11) is 4.31. The molecule has 6 rings (SSSR count). The number of methoxy groups -OCH3 is 1. The van der Waals surface area contributed by atoms with Gasteiger partial charge >= 0.3 is 18.1 Å². The summed E-state index contributed by atoms with van der Waals surface area (Å²) in [6, 6.07) is 4.91. The van der Waals surface area contributed by atoms with Crippen molar-refractivity contribution < 1.29 is 85.4 Å². The maximum Gasteiger partial charge on any atom is 0.509 e. The molecule has 0 bridgehead atoms. The van der Waals surface area contributed by atoms with E-state index in [0.717, 1.165) is 5.56 Å². The maximum absolute atomic E-state index is 14.8. The molecule has 0 aliphatic carbocycles. The fourth-order valence-corrected chi connectivity index (χ4v) is 13.5. The zero-order valence-corrected chi connectivity index (χ0v) is 49.8. The Labute approximate surface area is 469 Å². The van der Waals surface area contributed by atoms with E-state index >= 15 is 0 Å². The first-order valence-corrected chi connectivity index (χ1v) is 29.2. The number of carboxylic acids is 1. The summed E-state index contributed by atoms with van der Waals surface area (Å²) >= 11 is 0. The second-order valence-corrected chi connectivity index (χ2v) is 25.1. The normalized spacial score (nSPS) is 37.2. The lowest BCUT2D eigenvalue weighted by molar-refractivity contribution is -0.316. The van der Waals surface area contributed by atoms with Crippen molar-refractivity contribution >= 4 is 44.8 Å².